The zero-order chi connectivity index (χ0) is 11.0. The lowest BCUT2D eigenvalue weighted by molar-refractivity contribution is 0.145. The Labute approximate surface area is 87.2 Å². The van der Waals surface area contributed by atoms with Crippen LogP contribution in [0, 0.1) is 5.41 Å². The largest absolute Gasteiger partial charge is 0.450 e. The predicted octanol–water partition coefficient (Wildman–Crippen LogP) is 2.95. The Morgan fingerprint density at radius 3 is 2.50 bits per heavy atom. The van der Waals surface area contributed by atoms with Gasteiger partial charge in [0.15, 0.2) is 0 Å². The fraction of sp³-hybridized carbons (Fsp3) is 0.909. The first-order valence-electron chi connectivity index (χ1n) is 5.36. The molecule has 84 valence electrons. The topological polar surface area (TPSA) is 38.3 Å². The molecular formula is C11H23NO2. The second kappa shape index (κ2) is 6.68. The van der Waals surface area contributed by atoms with Gasteiger partial charge in [-0.25, -0.2) is 4.79 Å². The van der Waals surface area contributed by atoms with Crippen molar-refractivity contribution in [1.82, 2.24) is 5.32 Å². The van der Waals surface area contributed by atoms with Crippen LogP contribution in [0.5, 0.6) is 0 Å². The van der Waals surface area contributed by atoms with Crippen molar-refractivity contribution < 1.29 is 9.53 Å². The molecule has 0 rings (SSSR count). The molecule has 3 nitrogen and oxygen atoms in total. The third-order valence-electron chi connectivity index (χ3n) is 1.81. The van der Waals surface area contributed by atoms with E-state index in [2.05, 4.69) is 26.1 Å². The lowest BCUT2D eigenvalue weighted by Gasteiger charge is -2.17. The van der Waals surface area contributed by atoms with Crippen molar-refractivity contribution in [3.63, 3.8) is 0 Å². The summed E-state index contributed by atoms with van der Waals surface area (Å²) >= 11 is 0. The highest BCUT2D eigenvalue weighted by atomic mass is 16.5. The van der Waals surface area contributed by atoms with Crippen molar-refractivity contribution >= 4 is 6.09 Å². The Morgan fingerprint density at radius 1 is 1.36 bits per heavy atom. The Bertz CT molecular complexity index is 161. The molecule has 3 heteroatoms. The molecule has 0 atom stereocenters. The molecule has 0 bridgehead atoms. The highest BCUT2D eigenvalue weighted by molar-refractivity contribution is 5.66. The van der Waals surface area contributed by atoms with E-state index < -0.39 is 0 Å². The van der Waals surface area contributed by atoms with E-state index in [1.54, 1.807) is 0 Å². The van der Waals surface area contributed by atoms with E-state index >= 15 is 0 Å². The average Bonchev–Trinajstić information content (AvgIpc) is 2.07. The zero-order valence-electron chi connectivity index (χ0n) is 9.85. The highest BCUT2D eigenvalue weighted by Gasteiger charge is 2.09. The van der Waals surface area contributed by atoms with E-state index in [0.717, 1.165) is 19.3 Å². The molecule has 0 saturated carbocycles. The molecule has 0 aromatic rings. The third-order valence-corrected chi connectivity index (χ3v) is 1.81. The van der Waals surface area contributed by atoms with Gasteiger partial charge in [-0.05, 0) is 24.7 Å². The molecule has 0 aromatic heterocycles. The minimum absolute atomic E-state index is 0.291. The number of rotatable bonds is 5. The van der Waals surface area contributed by atoms with Crippen molar-refractivity contribution in [2.45, 2.75) is 47.0 Å². The van der Waals surface area contributed by atoms with E-state index in [0.29, 0.717) is 18.6 Å². The minimum atomic E-state index is -0.291. The SMILES string of the molecule is CCCOC(=O)NCCCC(C)(C)C. The van der Waals surface area contributed by atoms with Gasteiger partial charge >= 0.3 is 6.09 Å². The second-order valence-corrected chi connectivity index (χ2v) is 4.73. The summed E-state index contributed by atoms with van der Waals surface area (Å²) in [6, 6.07) is 0. The maximum Gasteiger partial charge on any atom is 0.407 e. The van der Waals surface area contributed by atoms with Gasteiger partial charge in [0.2, 0.25) is 0 Å². The van der Waals surface area contributed by atoms with Crippen LogP contribution in [0.1, 0.15) is 47.0 Å². The molecule has 14 heavy (non-hydrogen) atoms. The fourth-order valence-electron chi connectivity index (χ4n) is 1.05. The molecule has 0 radical (unpaired) electrons. The molecule has 1 amide bonds. The van der Waals surface area contributed by atoms with Crippen molar-refractivity contribution in [3.05, 3.63) is 0 Å². The van der Waals surface area contributed by atoms with E-state index in [4.69, 9.17) is 4.74 Å². The smallest absolute Gasteiger partial charge is 0.407 e. The van der Waals surface area contributed by atoms with Gasteiger partial charge < -0.3 is 10.1 Å². The van der Waals surface area contributed by atoms with Crippen LogP contribution in [-0.2, 0) is 4.74 Å². The maximum absolute atomic E-state index is 11.0. The lowest BCUT2D eigenvalue weighted by Crippen LogP contribution is -2.26. The van der Waals surface area contributed by atoms with Crippen LogP contribution in [0.3, 0.4) is 0 Å². The van der Waals surface area contributed by atoms with Gasteiger partial charge in [0, 0.05) is 6.54 Å². The fourth-order valence-corrected chi connectivity index (χ4v) is 1.05. The van der Waals surface area contributed by atoms with Crippen LogP contribution in [0.15, 0.2) is 0 Å². The molecule has 0 fully saturated rings. The Balaban J connectivity index is 3.32. The number of nitrogens with one attached hydrogen (secondary N) is 1. The summed E-state index contributed by atoms with van der Waals surface area (Å²) < 4.78 is 4.87. The first-order valence-corrected chi connectivity index (χ1v) is 5.36. The first-order chi connectivity index (χ1) is 6.45. The number of hydrogen-bond acceptors (Lipinski definition) is 2. The van der Waals surface area contributed by atoms with Gasteiger partial charge in [0.05, 0.1) is 6.61 Å². The maximum atomic E-state index is 11.0. The molecule has 0 aliphatic heterocycles. The average molecular weight is 201 g/mol. The summed E-state index contributed by atoms with van der Waals surface area (Å²) in [5.74, 6) is 0. The number of carbonyl (C=O) groups is 1. The van der Waals surface area contributed by atoms with Crippen molar-refractivity contribution in [1.29, 1.82) is 0 Å². The predicted molar refractivity (Wildman–Crippen MR) is 58.3 cm³/mol. The van der Waals surface area contributed by atoms with Gasteiger partial charge in [-0.2, -0.15) is 0 Å². The normalized spacial score (nSPS) is 11.1. The van der Waals surface area contributed by atoms with Gasteiger partial charge in [0.1, 0.15) is 0 Å². The van der Waals surface area contributed by atoms with E-state index in [9.17, 15) is 4.79 Å². The monoisotopic (exact) mass is 201 g/mol. The summed E-state index contributed by atoms with van der Waals surface area (Å²) in [5.41, 5.74) is 0.342. The Kier molecular flexibility index (Phi) is 6.34. The molecular weight excluding hydrogens is 178 g/mol. The molecule has 0 saturated heterocycles. The zero-order valence-corrected chi connectivity index (χ0v) is 9.85. The molecule has 0 aliphatic carbocycles. The van der Waals surface area contributed by atoms with Crippen LogP contribution in [0.25, 0.3) is 0 Å². The van der Waals surface area contributed by atoms with Crippen molar-refractivity contribution in [2.75, 3.05) is 13.2 Å². The quantitative estimate of drug-likeness (QED) is 0.694. The van der Waals surface area contributed by atoms with Gasteiger partial charge in [-0.15, -0.1) is 0 Å². The number of hydrogen-bond donors (Lipinski definition) is 1. The van der Waals surface area contributed by atoms with Crippen LogP contribution in [-0.4, -0.2) is 19.2 Å². The van der Waals surface area contributed by atoms with Crippen molar-refractivity contribution in [3.8, 4) is 0 Å². The summed E-state index contributed by atoms with van der Waals surface area (Å²) in [6.45, 7) is 9.78. The number of alkyl carbamates (subject to hydrolysis) is 1. The first kappa shape index (κ1) is 13.3. The summed E-state index contributed by atoms with van der Waals surface area (Å²) in [7, 11) is 0. The Morgan fingerprint density at radius 2 is 2.00 bits per heavy atom. The molecule has 1 N–H and O–H groups in total. The highest BCUT2D eigenvalue weighted by Crippen LogP contribution is 2.19. The minimum Gasteiger partial charge on any atom is -0.450 e. The van der Waals surface area contributed by atoms with Crippen molar-refractivity contribution in [2.24, 2.45) is 5.41 Å². The van der Waals surface area contributed by atoms with Crippen LogP contribution in [0.2, 0.25) is 0 Å². The molecule has 0 unspecified atom stereocenters. The van der Waals surface area contributed by atoms with Crippen LogP contribution >= 0.6 is 0 Å². The molecule has 0 aliphatic rings. The molecule has 0 spiro atoms. The lowest BCUT2D eigenvalue weighted by atomic mass is 9.91. The van der Waals surface area contributed by atoms with E-state index in [-0.39, 0.29) is 6.09 Å². The number of ether oxygens (including phenoxy) is 1. The number of amides is 1. The van der Waals surface area contributed by atoms with E-state index in [1.807, 2.05) is 6.92 Å². The van der Waals surface area contributed by atoms with Crippen LogP contribution < -0.4 is 5.32 Å². The van der Waals surface area contributed by atoms with Gasteiger partial charge in [0.25, 0.3) is 0 Å². The third kappa shape index (κ3) is 9.36. The van der Waals surface area contributed by atoms with Gasteiger partial charge in [-0.1, -0.05) is 27.7 Å². The summed E-state index contributed by atoms with van der Waals surface area (Å²) in [4.78, 5) is 11.0. The standard InChI is InChI=1S/C11H23NO2/c1-5-9-14-10(13)12-8-6-7-11(2,3)4/h5-9H2,1-4H3,(H,12,13). The van der Waals surface area contributed by atoms with Crippen LogP contribution in [0.4, 0.5) is 4.79 Å². The number of carbonyl (C=O) groups excluding carboxylic acids is 1. The molecule has 0 heterocycles. The summed E-state index contributed by atoms with van der Waals surface area (Å²) in [6.07, 6.45) is 2.70. The van der Waals surface area contributed by atoms with E-state index in [1.165, 1.54) is 0 Å². The second-order valence-electron chi connectivity index (χ2n) is 4.73. The Hall–Kier alpha value is -0.730. The van der Waals surface area contributed by atoms with Gasteiger partial charge in [-0.3, -0.25) is 0 Å². The summed E-state index contributed by atoms with van der Waals surface area (Å²) in [5, 5.41) is 2.73. The molecule has 0 aromatic carbocycles.